The summed E-state index contributed by atoms with van der Waals surface area (Å²) in [5.74, 6) is 1.18. The molecule has 8 nitrogen and oxygen atoms in total. The van der Waals surface area contributed by atoms with Crippen LogP contribution in [0.5, 0.6) is 0 Å². The van der Waals surface area contributed by atoms with Crippen LogP contribution in [0, 0.1) is 6.92 Å². The highest BCUT2D eigenvalue weighted by atomic mass is 16.4. The van der Waals surface area contributed by atoms with Gasteiger partial charge in [-0.05, 0) is 20.8 Å². The first-order valence-corrected chi connectivity index (χ1v) is 8.74. The molecule has 0 radical (unpaired) electrons. The minimum atomic E-state index is -0.0666. The third kappa shape index (κ3) is 2.71. The predicted octanol–water partition coefficient (Wildman–Crippen LogP) is 2.36. The Bertz CT molecular complexity index is 964. The molecule has 0 aromatic carbocycles. The van der Waals surface area contributed by atoms with Crippen LogP contribution in [0.2, 0.25) is 0 Å². The molecule has 0 spiro atoms. The maximum absolute atomic E-state index is 12.8. The van der Waals surface area contributed by atoms with Gasteiger partial charge in [0.25, 0.3) is 5.91 Å². The fourth-order valence-electron chi connectivity index (χ4n) is 3.37. The van der Waals surface area contributed by atoms with Gasteiger partial charge in [-0.15, -0.1) is 0 Å². The lowest BCUT2D eigenvalue weighted by Crippen LogP contribution is -2.36. The number of imidazole rings is 1. The summed E-state index contributed by atoms with van der Waals surface area (Å²) in [6.45, 7) is 7.19. The molecule has 3 aromatic rings. The van der Waals surface area contributed by atoms with E-state index in [2.05, 4.69) is 23.8 Å². The highest BCUT2D eigenvalue weighted by molar-refractivity contribution is 5.92. The Hall–Kier alpha value is -2.90. The van der Waals surface area contributed by atoms with Gasteiger partial charge in [-0.3, -0.25) is 9.48 Å². The number of fused-ring (bicyclic) bond motifs is 1. The molecule has 0 saturated carbocycles. The molecular weight excluding hydrogens is 332 g/mol. The largest absolute Gasteiger partial charge is 0.440 e. The van der Waals surface area contributed by atoms with Crippen molar-refractivity contribution < 1.29 is 9.21 Å². The summed E-state index contributed by atoms with van der Waals surface area (Å²) >= 11 is 0. The van der Waals surface area contributed by atoms with Crippen LogP contribution in [0.1, 0.15) is 47.4 Å². The van der Waals surface area contributed by atoms with Crippen molar-refractivity contribution in [2.24, 2.45) is 7.05 Å². The zero-order valence-electron chi connectivity index (χ0n) is 15.4. The number of hydrogen-bond donors (Lipinski definition) is 0. The number of hydrogen-bond acceptors (Lipinski definition) is 5. The summed E-state index contributed by atoms with van der Waals surface area (Å²) in [6, 6.07) is 0.228. The normalized spacial score (nSPS) is 14.1. The lowest BCUT2D eigenvalue weighted by Gasteiger charge is -2.27. The van der Waals surface area contributed by atoms with E-state index in [0.717, 1.165) is 29.1 Å². The lowest BCUT2D eigenvalue weighted by atomic mass is 10.0. The minimum Gasteiger partial charge on any atom is -0.440 e. The van der Waals surface area contributed by atoms with E-state index < -0.39 is 0 Å². The number of aryl methyl sites for hydroxylation is 2. The maximum Gasteiger partial charge on any atom is 0.274 e. The minimum absolute atomic E-state index is 0.0666. The number of rotatable bonds is 3. The zero-order chi connectivity index (χ0) is 18.4. The molecule has 8 heteroatoms. The van der Waals surface area contributed by atoms with Crippen LogP contribution in [0.4, 0.5) is 0 Å². The van der Waals surface area contributed by atoms with E-state index in [-0.39, 0.29) is 11.9 Å². The summed E-state index contributed by atoms with van der Waals surface area (Å²) in [5.41, 5.74) is 3.34. The molecule has 0 N–H and O–H groups in total. The quantitative estimate of drug-likeness (QED) is 0.721. The van der Waals surface area contributed by atoms with Crippen molar-refractivity contribution in [3.8, 4) is 11.6 Å². The van der Waals surface area contributed by atoms with Gasteiger partial charge >= 0.3 is 0 Å². The van der Waals surface area contributed by atoms with E-state index >= 15 is 0 Å². The Balaban J connectivity index is 1.72. The van der Waals surface area contributed by atoms with Gasteiger partial charge in [0, 0.05) is 43.5 Å². The number of aromatic nitrogens is 5. The molecule has 0 aliphatic carbocycles. The number of amides is 1. The van der Waals surface area contributed by atoms with Crippen LogP contribution in [-0.4, -0.2) is 41.7 Å². The predicted molar refractivity (Wildman–Crippen MR) is 94.5 cm³/mol. The Morgan fingerprint density at radius 1 is 1.31 bits per heavy atom. The van der Waals surface area contributed by atoms with E-state index in [1.807, 2.05) is 23.6 Å². The first-order chi connectivity index (χ1) is 12.4. The van der Waals surface area contributed by atoms with Crippen molar-refractivity contribution >= 4 is 5.91 Å². The molecule has 0 atom stereocenters. The fourth-order valence-corrected chi connectivity index (χ4v) is 3.37. The van der Waals surface area contributed by atoms with E-state index in [1.54, 1.807) is 23.3 Å². The SMILES string of the molecule is Cc1cnc(-c2nn(C(C)C)c3c2CN(C(=O)c2cn(C)cn2)CC3)o1. The van der Waals surface area contributed by atoms with Gasteiger partial charge in [0.05, 0.1) is 19.1 Å². The highest BCUT2D eigenvalue weighted by Gasteiger charge is 2.31. The molecule has 0 bridgehead atoms. The van der Waals surface area contributed by atoms with Crippen molar-refractivity contribution in [2.45, 2.75) is 39.8 Å². The molecule has 0 fully saturated rings. The summed E-state index contributed by atoms with van der Waals surface area (Å²) in [6.07, 6.45) is 5.82. The van der Waals surface area contributed by atoms with Crippen molar-refractivity contribution in [1.82, 2.24) is 29.2 Å². The summed E-state index contributed by atoms with van der Waals surface area (Å²) in [7, 11) is 1.85. The molecule has 0 saturated heterocycles. The van der Waals surface area contributed by atoms with Crippen molar-refractivity contribution in [2.75, 3.05) is 6.54 Å². The third-order valence-electron chi connectivity index (χ3n) is 4.61. The zero-order valence-corrected chi connectivity index (χ0v) is 15.4. The molecule has 4 rings (SSSR count). The van der Waals surface area contributed by atoms with E-state index in [9.17, 15) is 4.79 Å². The molecule has 26 heavy (non-hydrogen) atoms. The maximum atomic E-state index is 12.8. The van der Waals surface area contributed by atoms with Gasteiger partial charge in [-0.2, -0.15) is 5.10 Å². The van der Waals surface area contributed by atoms with E-state index in [0.29, 0.717) is 24.7 Å². The Morgan fingerprint density at radius 3 is 2.73 bits per heavy atom. The van der Waals surface area contributed by atoms with Crippen molar-refractivity contribution in [3.63, 3.8) is 0 Å². The molecule has 1 amide bonds. The molecule has 0 unspecified atom stereocenters. The van der Waals surface area contributed by atoms with Crippen molar-refractivity contribution in [3.05, 3.63) is 41.4 Å². The average molecular weight is 354 g/mol. The highest BCUT2D eigenvalue weighted by Crippen LogP contribution is 2.31. The fraction of sp³-hybridized carbons (Fsp3) is 0.444. The molecular formula is C18H22N6O2. The number of nitrogens with zero attached hydrogens (tertiary/aromatic N) is 6. The average Bonchev–Trinajstić information content (AvgIpc) is 3.31. The van der Waals surface area contributed by atoms with Crippen LogP contribution < -0.4 is 0 Å². The smallest absolute Gasteiger partial charge is 0.274 e. The van der Waals surface area contributed by atoms with Crippen LogP contribution in [-0.2, 0) is 20.0 Å². The summed E-state index contributed by atoms with van der Waals surface area (Å²) in [5, 5.41) is 4.75. The van der Waals surface area contributed by atoms with Gasteiger partial charge in [0.15, 0.2) is 5.69 Å². The second-order valence-electron chi connectivity index (χ2n) is 6.99. The van der Waals surface area contributed by atoms with Crippen LogP contribution in [0.25, 0.3) is 11.6 Å². The van der Waals surface area contributed by atoms with Gasteiger partial charge in [-0.1, -0.05) is 0 Å². The Labute approximate surface area is 151 Å². The van der Waals surface area contributed by atoms with Gasteiger partial charge in [0.1, 0.15) is 11.5 Å². The number of oxazole rings is 1. The second-order valence-corrected chi connectivity index (χ2v) is 6.99. The molecule has 136 valence electrons. The lowest BCUT2D eigenvalue weighted by molar-refractivity contribution is 0.0727. The molecule has 1 aliphatic rings. The van der Waals surface area contributed by atoms with Crippen LogP contribution >= 0.6 is 0 Å². The number of carbonyl (C=O) groups excluding carboxylic acids is 1. The molecule has 4 heterocycles. The molecule has 3 aromatic heterocycles. The van der Waals surface area contributed by atoms with E-state index in [4.69, 9.17) is 9.52 Å². The molecule has 1 aliphatic heterocycles. The van der Waals surface area contributed by atoms with Crippen molar-refractivity contribution in [1.29, 1.82) is 0 Å². The standard InChI is InChI=1S/C18H22N6O2/c1-11(2)24-15-5-6-23(18(25)14-9-22(4)10-20-14)8-13(15)16(21-24)17-19-7-12(3)26-17/h7,9-11H,5-6,8H2,1-4H3. The first-order valence-electron chi connectivity index (χ1n) is 8.74. The topological polar surface area (TPSA) is 82.0 Å². The summed E-state index contributed by atoms with van der Waals surface area (Å²) < 4.78 is 9.51. The monoisotopic (exact) mass is 354 g/mol. The van der Waals surface area contributed by atoms with Gasteiger partial charge < -0.3 is 13.9 Å². The third-order valence-corrected chi connectivity index (χ3v) is 4.61. The van der Waals surface area contributed by atoms with Gasteiger partial charge in [-0.25, -0.2) is 9.97 Å². The van der Waals surface area contributed by atoms with Gasteiger partial charge in [0.2, 0.25) is 5.89 Å². The second kappa shape index (κ2) is 6.12. The van der Waals surface area contributed by atoms with Crippen LogP contribution in [0.15, 0.2) is 23.1 Å². The summed E-state index contributed by atoms with van der Waals surface area (Å²) in [4.78, 5) is 23.1. The first kappa shape index (κ1) is 16.6. The Morgan fingerprint density at radius 2 is 2.12 bits per heavy atom. The van der Waals surface area contributed by atoms with E-state index in [1.165, 1.54) is 0 Å². The Kier molecular flexibility index (Phi) is 3.90. The number of carbonyl (C=O) groups is 1. The van der Waals surface area contributed by atoms with Crippen LogP contribution in [0.3, 0.4) is 0 Å².